The Morgan fingerprint density at radius 2 is 1.53 bits per heavy atom. The minimum Gasteiger partial charge on any atom is -0.416 e. The maximum Gasteiger partial charge on any atom is 0.233 e. The van der Waals surface area contributed by atoms with Gasteiger partial charge in [0.2, 0.25) is 5.91 Å². The Kier molecular flexibility index (Phi) is 7.07. The monoisotopic (exact) mass is 497 g/mol. The molecule has 2 aromatic rings. The molecule has 1 saturated carbocycles. The lowest BCUT2D eigenvalue weighted by atomic mass is 9.63. The third-order valence-corrected chi connectivity index (χ3v) is 13.7. The molecule has 34 heavy (non-hydrogen) atoms. The van der Waals surface area contributed by atoms with Crippen LogP contribution in [0.5, 0.6) is 0 Å². The van der Waals surface area contributed by atoms with Gasteiger partial charge < -0.3 is 9.33 Å². The van der Waals surface area contributed by atoms with Gasteiger partial charge in [0, 0.05) is 30.1 Å². The lowest BCUT2D eigenvalue weighted by Gasteiger charge is -2.49. The van der Waals surface area contributed by atoms with Crippen molar-refractivity contribution in [3.63, 3.8) is 0 Å². The van der Waals surface area contributed by atoms with E-state index in [1.165, 1.54) is 5.56 Å². The molecule has 0 aromatic heterocycles. The van der Waals surface area contributed by atoms with Gasteiger partial charge in [0.05, 0.1) is 5.41 Å². The molecule has 1 saturated heterocycles. The summed E-state index contributed by atoms with van der Waals surface area (Å²) in [4.78, 5) is 16.0. The van der Waals surface area contributed by atoms with Crippen LogP contribution in [0.1, 0.15) is 64.0 Å². The summed E-state index contributed by atoms with van der Waals surface area (Å²) in [5.74, 6) is 0.299. The van der Waals surface area contributed by atoms with E-state index >= 15 is 0 Å². The molecule has 5 heteroatoms. The SMILES string of the molecule is CC(C)(C)[Si](C)(C)OCC1(c2ccccc2)CCN(C(=O)C2(c3ccc(Cl)cc3)CCC2)CC1. The zero-order chi connectivity index (χ0) is 24.6. The van der Waals surface area contributed by atoms with Crippen LogP contribution in [0.2, 0.25) is 23.2 Å². The van der Waals surface area contributed by atoms with E-state index < -0.39 is 8.32 Å². The van der Waals surface area contributed by atoms with E-state index in [2.05, 4.69) is 69.1 Å². The van der Waals surface area contributed by atoms with Crippen molar-refractivity contribution >= 4 is 25.8 Å². The first-order valence-electron chi connectivity index (χ1n) is 12.7. The van der Waals surface area contributed by atoms with Crippen molar-refractivity contribution in [1.82, 2.24) is 4.90 Å². The van der Waals surface area contributed by atoms with Crippen molar-refractivity contribution in [3.8, 4) is 0 Å². The summed E-state index contributed by atoms with van der Waals surface area (Å²) in [5, 5.41) is 0.898. The summed E-state index contributed by atoms with van der Waals surface area (Å²) < 4.78 is 6.79. The van der Waals surface area contributed by atoms with Crippen LogP contribution in [0, 0.1) is 0 Å². The first kappa shape index (κ1) is 25.5. The van der Waals surface area contributed by atoms with Crippen molar-refractivity contribution in [2.45, 2.75) is 81.8 Å². The Morgan fingerprint density at radius 3 is 2.03 bits per heavy atom. The molecular formula is C29H40ClNO2Si. The van der Waals surface area contributed by atoms with E-state index in [1.54, 1.807) is 0 Å². The molecule has 0 bridgehead atoms. The third kappa shape index (κ3) is 4.74. The number of carbonyl (C=O) groups is 1. The molecule has 0 atom stereocenters. The summed E-state index contributed by atoms with van der Waals surface area (Å²) >= 11 is 6.13. The van der Waals surface area contributed by atoms with Gasteiger partial charge >= 0.3 is 0 Å². The van der Waals surface area contributed by atoms with E-state index in [0.29, 0.717) is 5.91 Å². The van der Waals surface area contributed by atoms with Crippen molar-refractivity contribution in [2.24, 2.45) is 0 Å². The molecule has 2 aromatic carbocycles. The fourth-order valence-electron chi connectivity index (χ4n) is 5.21. The fourth-order valence-corrected chi connectivity index (χ4v) is 6.41. The highest BCUT2D eigenvalue weighted by atomic mass is 35.5. The summed E-state index contributed by atoms with van der Waals surface area (Å²) in [6, 6.07) is 18.8. The Labute approximate surface area is 212 Å². The number of nitrogens with zero attached hydrogens (tertiary/aromatic N) is 1. The highest BCUT2D eigenvalue weighted by Crippen LogP contribution is 2.47. The van der Waals surface area contributed by atoms with Crippen LogP contribution in [0.4, 0.5) is 0 Å². The molecule has 4 rings (SSSR count). The van der Waals surface area contributed by atoms with E-state index in [-0.39, 0.29) is 15.9 Å². The standard InChI is InChI=1S/C29H40ClNO2Si/c1-27(2,3)34(4,5)33-22-28(23-10-7-6-8-11-23)18-20-31(21-19-28)26(32)29(16-9-17-29)24-12-14-25(30)15-13-24/h6-8,10-15H,9,16-22H2,1-5H3. The molecular weight excluding hydrogens is 458 g/mol. The van der Waals surface area contributed by atoms with Gasteiger partial charge in [-0.2, -0.15) is 0 Å². The van der Waals surface area contributed by atoms with Gasteiger partial charge in [0.25, 0.3) is 0 Å². The topological polar surface area (TPSA) is 29.5 Å². The summed E-state index contributed by atoms with van der Waals surface area (Å²) in [6.07, 6.45) is 4.85. The molecule has 1 heterocycles. The van der Waals surface area contributed by atoms with E-state index in [9.17, 15) is 4.79 Å². The fraction of sp³-hybridized carbons (Fsp3) is 0.552. The first-order chi connectivity index (χ1) is 16.0. The summed E-state index contributed by atoms with van der Waals surface area (Å²) in [5.41, 5.74) is 2.06. The quantitative estimate of drug-likeness (QED) is 0.390. The van der Waals surface area contributed by atoms with Gasteiger partial charge in [-0.05, 0) is 67.1 Å². The number of hydrogen-bond donors (Lipinski definition) is 0. The van der Waals surface area contributed by atoms with Gasteiger partial charge in [-0.15, -0.1) is 0 Å². The van der Waals surface area contributed by atoms with Crippen LogP contribution in [0.15, 0.2) is 54.6 Å². The molecule has 3 nitrogen and oxygen atoms in total. The van der Waals surface area contributed by atoms with Crippen molar-refractivity contribution in [2.75, 3.05) is 19.7 Å². The normalized spacial score (nSPS) is 20.0. The van der Waals surface area contributed by atoms with Crippen molar-refractivity contribution in [3.05, 3.63) is 70.7 Å². The average molecular weight is 498 g/mol. The number of benzene rings is 2. The second kappa shape index (κ2) is 9.44. The van der Waals surface area contributed by atoms with Gasteiger partial charge in [-0.1, -0.05) is 81.3 Å². The lowest BCUT2D eigenvalue weighted by Crippen LogP contribution is -2.56. The minimum atomic E-state index is -1.87. The zero-order valence-electron chi connectivity index (χ0n) is 21.5. The lowest BCUT2D eigenvalue weighted by molar-refractivity contribution is -0.143. The molecule has 2 aliphatic rings. The molecule has 1 aliphatic carbocycles. The van der Waals surface area contributed by atoms with Crippen LogP contribution >= 0.6 is 11.6 Å². The van der Waals surface area contributed by atoms with Crippen LogP contribution < -0.4 is 0 Å². The maximum absolute atomic E-state index is 13.9. The molecule has 2 fully saturated rings. The van der Waals surface area contributed by atoms with Crippen molar-refractivity contribution in [1.29, 1.82) is 0 Å². The second-order valence-corrected chi connectivity index (χ2v) is 17.2. The van der Waals surface area contributed by atoms with E-state index in [0.717, 1.165) is 62.4 Å². The van der Waals surface area contributed by atoms with Gasteiger partial charge in [-0.25, -0.2) is 0 Å². The summed E-state index contributed by atoms with van der Waals surface area (Å²) in [6.45, 7) is 13.8. The second-order valence-electron chi connectivity index (χ2n) is 11.9. The molecule has 0 unspecified atom stereocenters. The number of piperidine rings is 1. The van der Waals surface area contributed by atoms with Crippen molar-refractivity contribution < 1.29 is 9.22 Å². The van der Waals surface area contributed by atoms with Crippen LogP contribution in [-0.4, -0.2) is 38.8 Å². The number of rotatable bonds is 6. The van der Waals surface area contributed by atoms with E-state index in [4.69, 9.17) is 16.0 Å². The van der Waals surface area contributed by atoms with Crippen LogP contribution in [-0.2, 0) is 20.1 Å². The molecule has 0 spiro atoms. The first-order valence-corrected chi connectivity index (χ1v) is 16.0. The van der Waals surface area contributed by atoms with Gasteiger partial charge in [0.1, 0.15) is 0 Å². The van der Waals surface area contributed by atoms with Crippen LogP contribution in [0.25, 0.3) is 0 Å². The molecule has 1 aliphatic heterocycles. The molecule has 0 N–H and O–H groups in total. The smallest absolute Gasteiger partial charge is 0.233 e. The predicted octanol–water partition coefficient (Wildman–Crippen LogP) is 7.34. The number of halogens is 1. The highest BCUT2D eigenvalue weighted by Gasteiger charge is 2.50. The molecule has 0 radical (unpaired) electrons. The Morgan fingerprint density at radius 1 is 0.941 bits per heavy atom. The number of likely N-dealkylation sites (tertiary alicyclic amines) is 1. The third-order valence-electron chi connectivity index (χ3n) is 8.92. The van der Waals surface area contributed by atoms with Crippen LogP contribution in [0.3, 0.4) is 0 Å². The zero-order valence-corrected chi connectivity index (χ0v) is 23.3. The molecule has 184 valence electrons. The Bertz CT molecular complexity index is 985. The summed E-state index contributed by atoms with van der Waals surface area (Å²) in [7, 11) is -1.87. The minimum absolute atomic E-state index is 0.0411. The maximum atomic E-state index is 13.9. The highest BCUT2D eigenvalue weighted by molar-refractivity contribution is 6.74. The Hall–Kier alpha value is -1.62. The van der Waals surface area contributed by atoms with E-state index in [1.807, 2.05) is 24.3 Å². The van der Waals surface area contributed by atoms with Gasteiger partial charge in [0.15, 0.2) is 8.32 Å². The number of hydrogen-bond acceptors (Lipinski definition) is 2. The number of amides is 1. The van der Waals surface area contributed by atoms with Gasteiger partial charge in [-0.3, -0.25) is 4.79 Å². The number of carbonyl (C=O) groups excluding carboxylic acids is 1. The molecule has 1 amide bonds. The largest absolute Gasteiger partial charge is 0.416 e. The predicted molar refractivity (Wildman–Crippen MR) is 144 cm³/mol. The average Bonchev–Trinajstić information content (AvgIpc) is 2.78. The Balaban J connectivity index is 1.53.